The normalized spacial score (nSPS) is 13.3. The highest BCUT2D eigenvalue weighted by molar-refractivity contribution is 7.80. The number of hydrogen-bond donors (Lipinski definition) is 1. The van der Waals surface area contributed by atoms with Gasteiger partial charge in [0.2, 0.25) is 0 Å². The fourth-order valence-electron chi connectivity index (χ4n) is 2.80. The number of thiocarbonyl (C=S) groups is 1. The van der Waals surface area contributed by atoms with Crippen LogP contribution in [-0.2, 0) is 11.2 Å². The number of ether oxygens (including phenoxy) is 1. The van der Waals surface area contributed by atoms with E-state index < -0.39 is 0 Å². The molecule has 0 saturated heterocycles. The first-order valence-corrected chi connectivity index (χ1v) is 9.84. The number of thiophene rings is 1. The van der Waals surface area contributed by atoms with Crippen molar-refractivity contribution in [2.24, 2.45) is 0 Å². The van der Waals surface area contributed by atoms with E-state index in [4.69, 9.17) is 17.0 Å². The number of hydrogen-bond acceptors (Lipinski definition) is 4. The van der Waals surface area contributed by atoms with Crippen LogP contribution in [0.15, 0.2) is 0 Å². The molecule has 2 unspecified atom stereocenters. The van der Waals surface area contributed by atoms with Crippen LogP contribution in [0.25, 0.3) is 0 Å². The van der Waals surface area contributed by atoms with Crippen LogP contribution in [0.5, 0.6) is 0 Å². The molecule has 0 aliphatic rings. The predicted molar refractivity (Wildman–Crippen MR) is 107 cm³/mol. The minimum absolute atomic E-state index is 0.305. The average Bonchev–Trinajstić information content (AvgIpc) is 2.88. The lowest BCUT2D eigenvalue weighted by molar-refractivity contribution is 0.0601. The summed E-state index contributed by atoms with van der Waals surface area (Å²) in [6.45, 7) is 12.8. The Balaban J connectivity index is 3.19. The second kappa shape index (κ2) is 9.37. The summed E-state index contributed by atoms with van der Waals surface area (Å²) in [6.07, 6.45) is 2.82. The minimum Gasteiger partial charge on any atom is -0.465 e. The highest BCUT2D eigenvalue weighted by atomic mass is 32.1. The van der Waals surface area contributed by atoms with E-state index in [9.17, 15) is 4.79 Å². The number of rotatable bonds is 7. The van der Waals surface area contributed by atoms with Crippen LogP contribution in [0.3, 0.4) is 0 Å². The van der Waals surface area contributed by atoms with Crippen LogP contribution in [0, 0.1) is 6.92 Å². The average molecular weight is 371 g/mol. The Hall–Kier alpha value is -1.14. The van der Waals surface area contributed by atoms with Crippen molar-refractivity contribution in [1.82, 2.24) is 4.90 Å². The van der Waals surface area contributed by atoms with Crippen molar-refractivity contribution in [3.63, 3.8) is 0 Å². The first-order chi connectivity index (χ1) is 11.3. The number of anilines is 1. The number of carbonyl (C=O) groups is 1. The Morgan fingerprint density at radius 3 is 2.21 bits per heavy atom. The predicted octanol–water partition coefficient (Wildman–Crippen LogP) is 5.00. The van der Waals surface area contributed by atoms with Gasteiger partial charge in [-0.3, -0.25) is 0 Å². The van der Waals surface area contributed by atoms with Gasteiger partial charge in [0.1, 0.15) is 5.00 Å². The topological polar surface area (TPSA) is 41.6 Å². The van der Waals surface area contributed by atoms with Crippen LogP contribution in [0.2, 0.25) is 0 Å². The van der Waals surface area contributed by atoms with Gasteiger partial charge in [0, 0.05) is 17.0 Å². The molecule has 0 saturated carbocycles. The molecule has 1 heterocycles. The Bertz CT molecular complexity index is 574. The Morgan fingerprint density at radius 1 is 1.25 bits per heavy atom. The first-order valence-electron chi connectivity index (χ1n) is 8.61. The Labute approximate surface area is 155 Å². The zero-order valence-electron chi connectivity index (χ0n) is 15.9. The summed E-state index contributed by atoms with van der Waals surface area (Å²) < 4.78 is 4.98. The highest BCUT2D eigenvalue weighted by Crippen LogP contribution is 2.34. The number of esters is 1. The third kappa shape index (κ3) is 4.48. The molecule has 1 aromatic rings. The van der Waals surface area contributed by atoms with Crippen molar-refractivity contribution in [3.8, 4) is 0 Å². The minimum atomic E-state index is -0.305. The number of methoxy groups -OCH3 is 1. The molecule has 6 heteroatoms. The maximum atomic E-state index is 12.2. The number of aryl methyl sites for hydroxylation is 1. The number of nitrogens with one attached hydrogen (secondary N) is 1. The van der Waals surface area contributed by atoms with Crippen LogP contribution in [0.1, 0.15) is 68.3 Å². The van der Waals surface area contributed by atoms with Gasteiger partial charge >= 0.3 is 5.97 Å². The van der Waals surface area contributed by atoms with Gasteiger partial charge in [0.15, 0.2) is 5.11 Å². The van der Waals surface area contributed by atoms with Crippen LogP contribution in [-0.4, -0.2) is 35.2 Å². The van der Waals surface area contributed by atoms with E-state index in [0.29, 0.717) is 22.8 Å². The molecule has 1 aromatic heterocycles. The summed E-state index contributed by atoms with van der Waals surface area (Å²) >= 11 is 7.25. The number of carbonyl (C=O) groups excluding carboxylic acids is 1. The lowest BCUT2D eigenvalue weighted by Crippen LogP contribution is -2.46. The van der Waals surface area contributed by atoms with Crippen molar-refractivity contribution < 1.29 is 9.53 Å². The van der Waals surface area contributed by atoms with Crippen molar-refractivity contribution in [1.29, 1.82) is 0 Å². The molecule has 4 nitrogen and oxygen atoms in total. The summed E-state index contributed by atoms with van der Waals surface area (Å²) in [4.78, 5) is 15.6. The fraction of sp³-hybridized carbons (Fsp3) is 0.667. The van der Waals surface area contributed by atoms with Crippen molar-refractivity contribution in [3.05, 3.63) is 16.0 Å². The molecule has 2 atom stereocenters. The SMILES string of the molecule is CCc1c(C)sc(NC(=S)N(C(C)CC)C(C)CC)c1C(=O)OC. The van der Waals surface area contributed by atoms with E-state index in [1.807, 2.05) is 13.8 Å². The molecule has 0 fully saturated rings. The van der Waals surface area contributed by atoms with Crippen molar-refractivity contribution in [2.75, 3.05) is 12.4 Å². The lowest BCUT2D eigenvalue weighted by atomic mass is 10.1. The lowest BCUT2D eigenvalue weighted by Gasteiger charge is -2.36. The zero-order chi connectivity index (χ0) is 18.4. The molecule has 0 aliphatic heterocycles. The molecule has 0 radical (unpaired) electrons. The summed E-state index contributed by atoms with van der Waals surface area (Å²) in [7, 11) is 1.42. The largest absolute Gasteiger partial charge is 0.465 e. The van der Waals surface area contributed by atoms with Gasteiger partial charge in [0.25, 0.3) is 0 Å². The Morgan fingerprint density at radius 2 is 1.79 bits per heavy atom. The van der Waals surface area contributed by atoms with Gasteiger partial charge < -0.3 is 15.0 Å². The molecule has 0 spiro atoms. The molecule has 0 bridgehead atoms. The summed E-state index contributed by atoms with van der Waals surface area (Å²) in [5.74, 6) is -0.305. The highest BCUT2D eigenvalue weighted by Gasteiger charge is 2.26. The monoisotopic (exact) mass is 370 g/mol. The van der Waals surface area contributed by atoms with Crippen molar-refractivity contribution >= 4 is 39.6 Å². The maximum absolute atomic E-state index is 12.2. The van der Waals surface area contributed by atoms with Crippen LogP contribution < -0.4 is 5.32 Å². The molecule has 0 amide bonds. The van der Waals surface area contributed by atoms with E-state index in [2.05, 4.69) is 37.9 Å². The smallest absolute Gasteiger partial charge is 0.341 e. The second-order valence-corrected chi connectivity index (χ2v) is 7.65. The second-order valence-electron chi connectivity index (χ2n) is 6.04. The van der Waals surface area contributed by atoms with E-state index in [-0.39, 0.29) is 5.97 Å². The fourth-order valence-corrected chi connectivity index (χ4v) is 4.46. The van der Waals surface area contributed by atoms with Gasteiger partial charge in [-0.05, 0) is 57.8 Å². The van der Waals surface area contributed by atoms with Gasteiger partial charge in [-0.1, -0.05) is 20.8 Å². The summed E-state index contributed by atoms with van der Waals surface area (Å²) in [5, 5.41) is 4.79. The van der Waals surface area contributed by atoms with Gasteiger partial charge in [-0.2, -0.15) is 0 Å². The molecule has 0 aromatic carbocycles. The van der Waals surface area contributed by atoms with E-state index >= 15 is 0 Å². The Kier molecular flexibility index (Phi) is 8.16. The number of nitrogens with zero attached hydrogens (tertiary/aromatic N) is 1. The molecular weight excluding hydrogens is 340 g/mol. The molecular formula is C18H30N2O2S2. The quantitative estimate of drug-likeness (QED) is 0.540. The zero-order valence-corrected chi connectivity index (χ0v) is 17.5. The van der Waals surface area contributed by atoms with Crippen LogP contribution in [0.4, 0.5) is 5.00 Å². The summed E-state index contributed by atoms with van der Waals surface area (Å²) in [6, 6.07) is 0.682. The first kappa shape index (κ1) is 20.9. The molecule has 136 valence electrons. The molecule has 24 heavy (non-hydrogen) atoms. The molecule has 0 aliphatic carbocycles. The standard InChI is InChI=1S/C18H30N2O2S2/c1-8-11(4)20(12(5)9-2)18(23)19-16-15(17(21)22-7)14(10-3)13(6)24-16/h11-12H,8-10H2,1-7H3,(H,19,23). The maximum Gasteiger partial charge on any atom is 0.341 e. The van der Waals surface area contributed by atoms with Gasteiger partial charge in [-0.25, -0.2) is 4.79 Å². The van der Waals surface area contributed by atoms with Gasteiger partial charge in [0.05, 0.1) is 12.7 Å². The molecule has 1 rings (SSSR count). The van der Waals surface area contributed by atoms with Crippen LogP contribution >= 0.6 is 23.6 Å². The van der Waals surface area contributed by atoms with E-state index in [0.717, 1.165) is 34.7 Å². The van der Waals surface area contributed by atoms with E-state index in [1.54, 1.807) is 11.3 Å². The van der Waals surface area contributed by atoms with E-state index in [1.165, 1.54) is 7.11 Å². The van der Waals surface area contributed by atoms with Gasteiger partial charge in [-0.15, -0.1) is 11.3 Å². The molecule has 1 N–H and O–H groups in total. The third-order valence-electron chi connectivity index (χ3n) is 4.54. The summed E-state index contributed by atoms with van der Waals surface area (Å²) in [5.41, 5.74) is 1.66. The third-order valence-corrected chi connectivity index (χ3v) is 5.91. The van der Waals surface area contributed by atoms with Crippen molar-refractivity contribution in [2.45, 2.75) is 72.9 Å².